The van der Waals surface area contributed by atoms with Gasteiger partial charge in [-0.25, -0.2) is 0 Å². The Morgan fingerprint density at radius 2 is 1.74 bits per heavy atom. The van der Waals surface area contributed by atoms with Gasteiger partial charge in [-0.1, -0.05) is 43.2 Å². The number of benzene rings is 2. The number of carbonyl (C=O) groups excluding carboxylic acids is 2. The van der Waals surface area contributed by atoms with E-state index in [1.54, 1.807) is 0 Å². The first-order valence-electron chi connectivity index (χ1n) is 9.84. The minimum atomic E-state index is -0.121. The average Bonchev–Trinajstić information content (AvgIpc) is 3.05. The molecule has 1 aliphatic carbocycles. The van der Waals surface area contributed by atoms with Gasteiger partial charge in [0.25, 0.3) is 5.91 Å². The zero-order chi connectivity index (χ0) is 19.1. The van der Waals surface area contributed by atoms with Gasteiger partial charge < -0.3 is 10.1 Å². The molecule has 0 heterocycles. The quantitative estimate of drug-likeness (QED) is 0.449. The van der Waals surface area contributed by atoms with Gasteiger partial charge in [0.2, 0.25) is 0 Å². The third kappa shape index (κ3) is 4.97. The maximum Gasteiger partial charge on any atom is 0.305 e. The van der Waals surface area contributed by atoms with Gasteiger partial charge >= 0.3 is 5.97 Å². The van der Waals surface area contributed by atoms with Crippen LogP contribution in [0.15, 0.2) is 42.5 Å². The number of carbonyl (C=O) groups is 2. The summed E-state index contributed by atoms with van der Waals surface area (Å²) in [4.78, 5) is 23.6. The molecular formula is C23H27NO3. The molecule has 0 saturated heterocycles. The maximum absolute atomic E-state index is 12.4. The van der Waals surface area contributed by atoms with Crippen LogP contribution < -0.4 is 5.32 Å². The number of esters is 1. The molecule has 2 aromatic carbocycles. The van der Waals surface area contributed by atoms with E-state index in [2.05, 4.69) is 35.6 Å². The Kier molecular flexibility index (Phi) is 6.64. The molecule has 0 atom stereocenters. The first kappa shape index (κ1) is 19.2. The Morgan fingerprint density at radius 1 is 0.963 bits per heavy atom. The van der Waals surface area contributed by atoms with Crippen LogP contribution in [0.2, 0.25) is 0 Å². The predicted octanol–water partition coefficient (Wildman–Crippen LogP) is 4.50. The van der Waals surface area contributed by atoms with Crippen molar-refractivity contribution in [1.82, 2.24) is 5.32 Å². The molecular weight excluding hydrogens is 338 g/mol. The van der Waals surface area contributed by atoms with Crippen LogP contribution in [0.25, 0.3) is 11.1 Å². The Labute approximate surface area is 160 Å². The van der Waals surface area contributed by atoms with Crippen molar-refractivity contribution < 1.29 is 14.3 Å². The highest BCUT2D eigenvalue weighted by atomic mass is 16.5. The highest BCUT2D eigenvalue weighted by Crippen LogP contribution is 2.36. The lowest BCUT2D eigenvalue weighted by Gasteiger charge is -2.07. The number of ether oxygens (including phenoxy) is 1. The van der Waals surface area contributed by atoms with Gasteiger partial charge in [0.15, 0.2) is 0 Å². The number of fused-ring (bicyclic) bond motifs is 3. The lowest BCUT2D eigenvalue weighted by Crippen LogP contribution is -2.24. The molecule has 27 heavy (non-hydrogen) atoms. The van der Waals surface area contributed by atoms with Crippen molar-refractivity contribution in [3.05, 3.63) is 59.2 Å². The number of unbranched alkanes of at least 4 members (excludes halogenated alkanes) is 3. The van der Waals surface area contributed by atoms with Crippen molar-refractivity contribution in [2.24, 2.45) is 0 Å². The topological polar surface area (TPSA) is 55.4 Å². The van der Waals surface area contributed by atoms with E-state index >= 15 is 0 Å². The number of hydrogen-bond donors (Lipinski definition) is 1. The highest BCUT2D eigenvalue weighted by molar-refractivity contribution is 5.95. The lowest BCUT2D eigenvalue weighted by molar-refractivity contribution is -0.143. The van der Waals surface area contributed by atoms with Crippen molar-refractivity contribution >= 4 is 11.9 Å². The van der Waals surface area contributed by atoms with Crippen LogP contribution in [0.1, 0.15) is 60.5 Å². The molecule has 4 heteroatoms. The third-order valence-corrected chi connectivity index (χ3v) is 4.95. The van der Waals surface area contributed by atoms with Gasteiger partial charge in [-0.15, -0.1) is 0 Å². The van der Waals surface area contributed by atoms with Gasteiger partial charge in [0.1, 0.15) is 0 Å². The van der Waals surface area contributed by atoms with E-state index in [1.807, 2.05) is 19.1 Å². The minimum absolute atomic E-state index is 0.0136. The monoisotopic (exact) mass is 365 g/mol. The largest absolute Gasteiger partial charge is 0.466 e. The fraction of sp³-hybridized carbons (Fsp3) is 0.391. The summed E-state index contributed by atoms with van der Waals surface area (Å²) in [6.45, 7) is 2.93. The molecule has 1 aliphatic rings. The Morgan fingerprint density at radius 3 is 2.59 bits per heavy atom. The molecule has 1 N–H and O–H groups in total. The molecule has 4 nitrogen and oxygen atoms in total. The van der Waals surface area contributed by atoms with E-state index in [9.17, 15) is 9.59 Å². The van der Waals surface area contributed by atoms with Gasteiger partial charge in [-0.2, -0.15) is 0 Å². The van der Waals surface area contributed by atoms with Crippen molar-refractivity contribution in [3.8, 4) is 11.1 Å². The molecule has 0 radical (unpaired) electrons. The van der Waals surface area contributed by atoms with Gasteiger partial charge in [0.05, 0.1) is 6.61 Å². The van der Waals surface area contributed by atoms with Crippen molar-refractivity contribution in [3.63, 3.8) is 0 Å². The number of amides is 1. The summed E-state index contributed by atoms with van der Waals surface area (Å²) in [6.07, 6.45) is 5.12. The average molecular weight is 365 g/mol. The summed E-state index contributed by atoms with van der Waals surface area (Å²) in [5.41, 5.74) is 5.80. The van der Waals surface area contributed by atoms with E-state index < -0.39 is 0 Å². The SMILES string of the molecule is CCOC(=O)CCCCCCNC(=O)c1ccc2c(c1)Cc1ccccc1-2. The normalized spacial score (nSPS) is 11.6. The van der Waals surface area contributed by atoms with Crippen LogP contribution in [-0.2, 0) is 16.0 Å². The lowest BCUT2D eigenvalue weighted by atomic mass is 10.0. The Hall–Kier alpha value is -2.62. The van der Waals surface area contributed by atoms with E-state index in [0.717, 1.165) is 37.7 Å². The Balaban J connectivity index is 1.40. The molecule has 0 aliphatic heterocycles. The van der Waals surface area contributed by atoms with Gasteiger partial charge in [-0.05, 0) is 60.6 Å². The number of nitrogens with one attached hydrogen (secondary N) is 1. The molecule has 0 spiro atoms. The third-order valence-electron chi connectivity index (χ3n) is 4.95. The number of rotatable bonds is 9. The van der Waals surface area contributed by atoms with Gasteiger partial charge in [-0.3, -0.25) is 9.59 Å². The summed E-state index contributed by atoms with van der Waals surface area (Å²) in [5, 5.41) is 3.00. The first-order chi connectivity index (χ1) is 13.2. The zero-order valence-corrected chi connectivity index (χ0v) is 15.9. The number of hydrogen-bond acceptors (Lipinski definition) is 3. The summed E-state index contributed by atoms with van der Waals surface area (Å²) in [6, 6.07) is 14.4. The summed E-state index contributed by atoms with van der Waals surface area (Å²) in [7, 11) is 0. The molecule has 0 fully saturated rings. The highest BCUT2D eigenvalue weighted by Gasteiger charge is 2.19. The van der Waals surface area contributed by atoms with E-state index in [0.29, 0.717) is 19.6 Å². The Bertz CT molecular complexity index is 813. The van der Waals surface area contributed by atoms with Crippen molar-refractivity contribution in [2.45, 2.75) is 45.4 Å². The van der Waals surface area contributed by atoms with Crippen LogP contribution in [0.3, 0.4) is 0 Å². The van der Waals surface area contributed by atoms with E-state index in [-0.39, 0.29) is 11.9 Å². The molecule has 142 valence electrons. The summed E-state index contributed by atoms with van der Waals surface area (Å²) >= 11 is 0. The fourth-order valence-corrected chi connectivity index (χ4v) is 3.57. The second-order valence-corrected chi connectivity index (χ2v) is 6.93. The zero-order valence-electron chi connectivity index (χ0n) is 15.9. The molecule has 2 aromatic rings. The van der Waals surface area contributed by atoms with Crippen molar-refractivity contribution in [1.29, 1.82) is 0 Å². The minimum Gasteiger partial charge on any atom is -0.466 e. The second-order valence-electron chi connectivity index (χ2n) is 6.93. The molecule has 3 rings (SSSR count). The summed E-state index contributed by atoms with van der Waals surface area (Å²) in [5.74, 6) is -0.134. The molecule has 1 amide bonds. The van der Waals surface area contributed by atoms with Crippen LogP contribution >= 0.6 is 0 Å². The molecule has 0 saturated carbocycles. The second kappa shape index (κ2) is 9.36. The standard InChI is InChI=1S/C23H27NO3/c1-2-27-22(25)11-5-3-4-8-14-24-23(26)18-12-13-21-19(16-18)15-17-9-6-7-10-20(17)21/h6-7,9-10,12-13,16H,2-5,8,11,14-15H2,1H3,(H,24,26). The van der Waals surface area contributed by atoms with Crippen LogP contribution in [-0.4, -0.2) is 25.0 Å². The fourth-order valence-electron chi connectivity index (χ4n) is 3.57. The molecule has 0 aromatic heterocycles. The van der Waals surface area contributed by atoms with Gasteiger partial charge in [0, 0.05) is 18.5 Å². The first-order valence-corrected chi connectivity index (χ1v) is 9.84. The maximum atomic E-state index is 12.4. The van der Waals surface area contributed by atoms with Crippen LogP contribution in [0.5, 0.6) is 0 Å². The smallest absolute Gasteiger partial charge is 0.305 e. The van der Waals surface area contributed by atoms with Crippen LogP contribution in [0.4, 0.5) is 0 Å². The van der Waals surface area contributed by atoms with E-state index in [1.165, 1.54) is 22.3 Å². The van der Waals surface area contributed by atoms with Crippen molar-refractivity contribution in [2.75, 3.05) is 13.2 Å². The summed E-state index contributed by atoms with van der Waals surface area (Å²) < 4.78 is 4.91. The predicted molar refractivity (Wildman–Crippen MR) is 107 cm³/mol. The van der Waals surface area contributed by atoms with Crippen LogP contribution in [0, 0.1) is 0 Å². The molecule has 0 unspecified atom stereocenters. The molecule has 0 bridgehead atoms. The van der Waals surface area contributed by atoms with E-state index in [4.69, 9.17) is 4.74 Å².